The highest BCUT2D eigenvalue weighted by Gasteiger charge is 2.34. The van der Waals surface area contributed by atoms with Crippen LogP contribution in [-0.2, 0) is 4.79 Å². The minimum absolute atomic E-state index is 0.133. The zero-order valence-electron chi connectivity index (χ0n) is 17.5. The third-order valence-electron chi connectivity index (χ3n) is 5.31. The number of fused-ring (bicyclic) bond motifs is 1. The molecule has 0 bridgehead atoms. The number of carbonyl (C=O) groups is 1. The van der Waals surface area contributed by atoms with Crippen LogP contribution in [0.5, 0.6) is 5.75 Å². The Morgan fingerprint density at radius 3 is 2.70 bits per heavy atom. The molecule has 0 saturated carbocycles. The Labute approximate surface area is 194 Å². The van der Waals surface area contributed by atoms with Gasteiger partial charge in [-0.2, -0.15) is 4.98 Å². The molecular weight excluding hydrogens is 440 g/mol. The highest BCUT2D eigenvalue weighted by molar-refractivity contribution is 6.30. The number of nitrogens with one attached hydrogen (secondary N) is 2. The zero-order valence-corrected chi connectivity index (χ0v) is 18.3. The molecule has 1 aliphatic rings. The van der Waals surface area contributed by atoms with Crippen molar-refractivity contribution in [3.63, 3.8) is 0 Å². The van der Waals surface area contributed by atoms with Gasteiger partial charge in [0.15, 0.2) is 5.82 Å². The fraction of sp³-hybridized carbons (Fsp3) is 0.0833. The number of benzene rings is 2. The monoisotopic (exact) mass is 458 g/mol. The zero-order chi connectivity index (χ0) is 22.9. The Morgan fingerprint density at radius 2 is 1.97 bits per heavy atom. The summed E-state index contributed by atoms with van der Waals surface area (Å²) in [6.07, 6.45) is 3.22. The number of allylic oxidation sites excluding steroid dienone is 1. The largest absolute Gasteiger partial charge is 0.508 e. The molecule has 1 aliphatic heterocycles. The minimum atomic E-state index is -0.570. The molecule has 0 unspecified atom stereocenters. The van der Waals surface area contributed by atoms with Gasteiger partial charge in [0.25, 0.3) is 5.91 Å². The lowest BCUT2D eigenvalue weighted by atomic mass is 9.95. The van der Waals surface area contributed by atoms with Gasteiger partial charge in [-0.15, -0.1) is 5.10 Å². The standard InChI is InChI=1S/C24H19ClN6O2/c1-14-20(23(33)28-18-6-3-11-26-13-18)21(15-7-9-19(32)10-8-15)31-24(27-14)29-22(30-31)16-4-2-5-17(25)12-16/h2-13,21,32H,1H3,(H,28,33)(H,27,29,30)/t21-/m0/s1. The number of aromatic nitrogens is 4. The van der Waals surface area contributed by atoms with E-state index in [2.05, 4.69) is 20.6 Å². The van der Waals surface area contributed by atoms with E-state index in [0.717, 1.165) is 11.1 Å². The number of aromatic hydroxyl groups is 1. The number of anilines is 2. The van der Waals surface area contributed by atoms with Crippen LogP contribution >= 0.6 is 11.6 Å². The van der Waals surface area contributed by atoms with E-state index in [0.29, 0.717) is 33.8 Å². The summed E-state index contributed by atoms with van der Waals surface area (Å²) in [6.45, 7) is 1.82. The third-order valence-corrected chi connectivity index (χ3v) is 5.54. The van der Waals surface area contributed by atoms with Crippen LogP contribution in [0.1, 0.15) is 18.5 Å². The molecular formula is C24H19ClN6O2. The maximum Gasteiger partial charge on any atom is 0.255 e. The second-order valence-corrected chi connectivity index (χ2v) is 8.00. The first-order valence-electron chi connectivity index (χ1n) is 10.2. The molecule has 0 saturated heterocycles. The predicted octanol–water partition coefficient (Wildman–Crippen LogP) is 4.63. The van der Waals surface area contributed by atoms with E-state index >= 15 is 0 Å². The normalized spacial score (nSPS) is 15.0. The van der Waals surface area contributed by atoms with E-state index in [-0.39, 0.29) is 11.7 Å². The van der Waals surface area contributed by atoms with Gasteiger partial charge in [-0.05, 0) is 48.9 Å². The van der Waals surface area contributed by atoms with Crippen molar-refractivity contribution in [1.29, 1.82) is 0 Å². The third kappa shape index (κ3) is 4.04. The van der Waals surface area contributed by atoms with Crippen LogP contribution in [0.25, 0.3) is 11.4 Å². The van der Waals surface area contributed by atoms with Gasteiger partial charge in [0.2, 0.25) is 5.95 Å². The first kappa shape index (κ1) is 20.7. The molecule has 0 radical (unpaired) electrons. The number of hydrogen-bond donors (Lipinski definition) is 3. The molecule has 0 spiro atoms. The average molecular weight is 459 g/mol. The molecule has 33 heavy (non-hydrogen) atoms. The van der Waals surface area contributed by atoms with E-state index in [4.69, 9.17) is 16.7 Å². The van der Waals surface area contributed by atoms with Crippen molar-refractivity contribution >= 4 is 29.1 Å². The van der Waals surface area contributed by atoms with Gasteiger partial charge in [-0.1, -0.05) is 35.9 Å². The number of halogens is 1. The van der Waals surface area contributed by atoms with Crippen LogP contribution in [0.3, 0.4) is 0 Å². The smallest absolute Gasteiger partial charge is 0.255 e. The summed E-state index contributed by atoms with van der Waals surface area (Å²) in [7, 11) is 0. The highest BCUT2D eigenvalue weighted by atomic mass is 35.5. The number of amides is 1. The number of nitrogens with zero attached hydrogens (tertiary/aromatic N) is 4. The Morgan fingerprint density at radius 1 is 1.15 bits per heavy atom. The highest BCUT2D eigenvalue weighted by Crippen LogP contribution is 2.37. The number of rotatable bonds is 4. The fourth-order valence-corrected chi connectivity index (χ4v) is 3.99. The van der Waals surface area contributed by atoms with Gasteiger partial charge in [0.05, 0.1) is 17.5 Å². The molecule has 0 aliphatic carbocycles. The molecule has 2 aromatic heterocycles. The van der Waals surface area contributed by atoms with Gasteiger partial charge < -0.3 is 15.7 Å². The quantitative estimate of drug-likeness (QED) is 0.412. The number of carbonyl (C=O) groups excluding carboxylic acids is 1. The Balaban J connectivity index is 1.61. The summed E-state index contributed by atoms with van der Waals surface area (Å²) in [6, 6.07) is 16.9. The van der Waals surface area contributed by atoms with E-state index in [1.165, 1.54) is 0 Å². The van der Waals surface area contributed by atoms with Crippen molar-refractivity contribution in [2.75, 3.05) is 10.6 Å². The molecule has 5 rings (SSSR count). The van der Waals surface area contributed by atoms with Crippen molar-refractivity contribution in [2.24, 2.45) is 0 Å². The van der Waals surface area contributed by atoms with Crippen LogP contribution in [0.4, 0.5) is 11.6 Å². The van der Waals surface area contributed by atoms with Crippen LogP contribution in [-0.4, -0.2) is 30.8 Å². The number of pyridine rings is 1. The average Bonchev–Trinajstić information content (AvgIpc) is 3.23. The maximum atomic E-state index is 13.4. The molecule has 0 fully saturated rings. The van der Waals surface area contributed by atoms with Crippen molar-refractivity contribution in [2.45, 2.75) is 13.0 Å². The summed E-state index contributed by atoms with van der Waals surface area (Å²) in [5, 5.41) is 21.2. The molecule has 9 heteroatoms. The van der Waals surface area contributed by atoms with Gasteiger partial charge in [0.1, 0.15) is 11.8 Å². The van der Waals surface area contributed by atoms with Crippen molar-refractivity contribution in [3.05, 3.63) is 94.9 Å². The van der Waals surface area contributed by atoms with Crippen LogP contribution in [0, 0.1) is 0 Å². The first-order valence-corrected chi connectivity index (χ1v) is 10.6. The van der Waals surface area contributed by atoms with E-state index in [1.54, 1.807) is 65.6 Å². The SMILES string of the molecule is CC1=C(C(=O)Nc2cccnc2)[C@H](c2ccc(O)cc2)n2nc(-c3cccc(Cl)c3)nc2N1. The van der Waals surface area contributed by atoms with Gasteiger partial charge in [-0.3, -0.25) is 9.78 Å². The lowest BCUT2D eigenvalue weighted by molar-refractivity contribution is -0.113. The van der Waals surface area contributed by atoms with Crippen LogP contribution < -0.4 is 10.6 Å². The number of phenolic OH excluding ortho intramolecular Hbond substituents is 1. The predicted molar refractivity (Wildman–Crippen MR) is 126 cm³/mol. The summed E-state index contributed by atoms with van der Waals surface area (Å²) < 4.78 is 1.67. The van der Waals surface area contributed by atoms with Gasteiger partial charge in [-0.25, -0.2) is 4.68 Å². The second-order valence-electron chi connectivity index (χ2n) is 7.57. The fourth-order valence-electron chi connectivity index (χ4n) is 3.79. The summed E-state index contributed by atoms with van der Waals surface area (Å²) >= 11 is 6.16. The molecule has 2 aromatic carbocycles. The summed E-state index contributed by atoms with van der Waals surface area (Å²) in [5.41, 5.74) is 3.23. The van der Waals surface area contributed by atoms with Gasteiger partial charge >= 0.3 is 0 Å². The van der Waals surface area contributed by atoms with E-state index < -0.39 is 6.04 Å². The molecule has 1 amide bonds. The van der Waals surface area contributed by atoms with Gasteiger partial charge in [0, 0.05) is 22.5 Å². The lowest BCUT2D eigenvalue weighted by Gasteiger charge is -2.28. The Bertz CT molecular complexity index is 1370. The lowest BCUT2D eigenvalue weighted by Crippen LogP contribution is -2.31. The molecule has 164 valence electrons. The number of hydrogen-bond acceptors (Lipinski definition) is 6. The van der Waals surface area contributed by atoms with Crippen molar-refractivity contribution in [3.8, 4) is 17.1 Å². The van der Waals surface area contributed by atoms with E-state index in [1.807, 2.05) is 19.1 Å². The topological polar surface area (TPSA) is 105 Å². The molecule has 8 nitrogen and oxygen atoms in total. The molecule has 1 atom stereocenters. The van der Waals surface area contributed by atoms with E-state index in [9.17, 15) is 9.90 Å². The van der Waals surface area contributed by atoms with Crippen molar-refractivity contribution < 1.29 is 9.90 Å². The molecule has 4 aromatic rings. The van der Waals surface area contributed by atoms with Crippen LogP contribution in [0.2, 0.25) is 5.02 Å². The summed E-state index contributed by atoms with van der Waals surface area (Å²) in [5.74, 6) is 0.814. The number of phenols is 1. The second kappa shape index (κ2) is 8.40. The Kier molecular flexibility index (Phi) is 5.27. The molecule has 3 N–H and O–H groups in total. The van der Waals surface area contributed by atoms with Crippen molar-refractivity contribution in [1.82, 2.24) is 19.7 Å². The maximum absolute atomic E-state index is 13.4. The molecule has 3 heterocycles. The summed E-state index contributed by atoms with van der Waals surface area (Å²) in [4.78, 5) is 22.1. The first-order chi connectivity index (χ1) is 16.0. The van der Waals surface area contributed by atoms with Crippen LogP contribution in [0.15, 0.2) is 84.3 Å². The minimum Gasteiger partial charge on any atom is -0.508 e. The Hall–Kier alpha value is -4.17.